The van der Waals surface area contributed by atoms with Crippen LogP contribution in [0.2, 0.25) is 0 Å². The Bertz CT molecular complexity index is 508. The smallest absolute Gasteiger partial charge is 0.231 e. The summed E-state index contributed by atoms with van der Waals surface area (Å²) in [5.41, 5.74) is 6.24. The first-order valence-electron chi connectivity index (χ1n) is 6.82. The van der Waals surface area contributed by atoms with Crippen molar-refractivity contribution in [1.29, 1.82) is 5.26 Å². The van der Waals surface area contributed by atoms with Crippen molar-refractivity contribution in [3.63, 3.8) is 0 Å². The van der Waals surface area contributed by atoms with Gasteiger partial charge in [0, 0.05) is 12.2 Å². The molecule has 1 rings (SSSR count). The maximum absolute atomic E-state index is 12.2. The maximum atomic E-state index is 12.2. The van der Waals surface area contributed by atoms with E-state index in [9.17, 15) is 4.79 Å². The molecular weight excluding hydrogens is 250 g/mol. The van der Waals surface area contributed by atoms with E-state index in [4.69, 9.17) is 11.0 Å². The van der Waals surface area contributed by atoms with Crippen molar-refractivity contribution < 1.29 is 4.79 Å². The van der Waals surface area contributed by atoms with E-state index >= 15 is 0 Å². The van der Waals surface area contributed by atoms with Crippen molar-refractivity contribution in [2.24, 2.45) is 11.1 Å². The van der Waals surface area contributed by atoms with E-state index in [1.165, 1.54) is 0 Å². The van der Waals surface area contributed by atoms with Crippen molar-refractivity contribution in [3.05, 3.63) is 29.8 Å². The van der Waals surface area contributed by atoms with Crippen molar-refractivity contribution in [1.82, 2.24) is 0 Å². The highest BCUT2D eigenvalue weighted by Gasteiger charge is 2.29. The molecule has 20 heavy (non-hydrogen) atoms. The van der Waals surface area contributed by atoms with Gasteiger partial charge >= 0.3 is 0 Å². The van der Waals surface area contributed by atoms with Crippen LogP contribution in [0, 0.1) is 16.7 Å². The minimum atomic E-state index is -0.551. The molecule has 0 fully saturated rings. The second-order valence-electron chi connectivity index (χ2n) is 5.89. The van der Waals surface area contributed by atoms with Gasteiger partial charge in [0.25, 0.3) is 0 Å². The molecule has 0 aliphatic carbocycles. The minimum absolute atomic E-state index is 0.0743. The lowest BCUT2D eigenvalue weighted by atomic mass is 9.85. The first kappa shape index (κ1) is 16.2. The molecule has 4 heteroatoms. The van der Waals surface area contributed by atoms with Gasteiger partial charge in [-0.2, -0.15) is 5.26 Å². The largest absolute Gasteiger partial charge is 0.329 e. The third-order valence-corrected chi connectivity index (χ3v) is 3.92. The van der Waals surface area contributed by atoms with Crippen LogP contribution in [0.5, 0.6) is 0 Å². The molecule has 0 aliphatic rings. The van der Waals surface area contributed by atoms with Crippen LogP contribution in [0.25, 0.3) is 0 Å². The molecule has 1 atom stereocenters. The molecule has 108 valence electrons. The molecule has 0 spiro atoms. The van der Waals surface area contributed by atoms with Crippen LogP contribution < -0.4 is 11.1 Å². The number of anilines is 1. The third kappa shape index (κ3) is 3.37. The highest BCUT2D eigenvalue weighted by Crippen LogP contribution is 2.25. The summed E-state index contributed by atoms with van der Waals surface area (Å²) in [7, 11) is 0. The number of carbonyl (C=O) groups is 1. The number of hydrogen-bond acceptors (Lipinski definition) is 3. The normalized spacial score (nSPS) is 14.2. The Balaban J connectivity index is 2.87. The van der Waals surface area contributed by atoms with E-state index in [1.54, 1.807) is 0 Å². The van der Waals surface area contributed by atoms with Crippen LogP contribution >= 0.6 is 0 Å². The summed E-state index contributed by atoms with van der Waals surface area (Å²) >= 11 is 0. The van der Waals surface area contributed by atoms with Gasteiger partial charge in [-0.15, -0.1) is 0 Å². The average Bonchev–Trinajstić information content (AvgIpc) is 2.46. The van der Waals surface area contributed by atoms with Gasteiger partial charge in [0.2, 0.25) is 5.91 Å². The third-order valence-electron chi connectivity index (χ3n) is 3.92. The van der Waals surface area contributed by atoms with E-state index in [2.05, 4.69) is 11.4 Å². The average molecular weight is 273 g/mol. The van der Waals surface area contributed by atoms with E-state index in [0.29, 0.717) is 13.0 Å². The maximum Gasteiger partial charge on any atom is 0.231 e. The van der Waals surface area contributed by atoms with Gasteiger partial charge in [-0.1, -0.05) is 19.1 Å². The van der Waals surface area contributed by atoms with Gasteiger partial charge in [-0.3, -0.25) is 4.79 Å². The van der Waals surface area contributed by atoms with Crippen molar-refractivity contribution in [2.45, 2.75) is 39.5 Å². The standard InChI is InChI=1S/C16H23N3O/c1-5-16(4,11-18)14(20)19-13-8-6-12(7-9-13)15(2,3)10-17/h6-9H,5,11,18H2,1-4H3,(H,19,20). The fraction of sp³-hybridized carbons (Fsp3) is 0.500. The van der Waals surface area contributed by atoms with Gasteiger partial charge in [-0.25, -0.2) is 0 Å². The van der Waals surface area contributed by atoms with Crippen molar-refractivity contribution >= 4 is 11.6 Å². The van der Waals surface area contributed by atoms with Crippen LogP contribution in [0.15, 0.2) is 24.3 Å². The Kier molecular flexibility index (Phi) is 4.91. The molecule has 3 N–H and O–H groups in total. The molecule has 0 saturated heterocycles. The van der Waals surface area contributed by atoms with Crippen LogP contribution in [-0.4, -0.2) is 12.5 Å². The zero-order chi connectivity index (χ0) is 15.4. The predicted octanol–water partition coefficient (Wildman–Crippen LogP) is 2.80. The highest BCUT2D eigenvalue weighted by molar-refractivity contribution is 5.95. The van der Waals surface area contributed by atoms with E-state index in [-0.39, 0.29) is 5.91 Å². The molecule has 0 aliphatic heterocycles. The van der Waals surface area contributed by atoms with Crippen LogP contribution in [0.3, 0.4) is 0 Å². The molecule has 0 aromatic heterocycles. The van der Waals surface area contributed by atoms with Gasteiger partial charge in [0.1, 0.15) is 0 Å². The number of nitrogens with two attached hydrogens (primary N) is 1. The Labute approximate surface area is 121 Å². The first-order chi connectivity index (χ1) is 9.29. The Hall–Kier alpha value is -1.86. The van der Waals surface area contributed by atoms with Gasteiger partial charge in [-0.05, 0) is 44.9 Å². The monoisotopic (exact) mass is 273 g/mol. The fourth-order valence-corrected chi connectivity index (χ4v) is 1.71. The summed E-state index contributed by atoms with van der Waals surface area (Å²) in [6.07, 6.45) is 0.689. The lowest BCUT2D eigenvalue weighted by Gasteiger charge is -2.25. The summed E-state index contributed by atoms with van der Waals surface area (Å²) < 4.78 is 0. The zero-order valence-corrected chi connectivity index (χ0v) is 12.7. The molecule has 1 amide bonds. The minimum Gasteiger partial charge on any atom is -0.329 e. The molecule has 4 nitrogen and oxygen atoms in total. The van der Waals surface area contributed by atoms with Gasteiger partial charge < -0.3 is 11.1 Å². The summed E-state index contributed by atoms with van der Waals surface area (Å²) in [5.74, 6) is -0.0743. The summed E-state index contributed by atoms with van der Waals surface area (Å²) in [6, 6.07) is 9.62. The van der Waals surface area contributed by atoms with E-state index in [0.717, 1.165) is 11.3 Å². The number of carbonyl (C=O) groups excluding carboxylic acids is 1. The zero-order valence-electron chi connectivity index (χ0n) is 12.7. The quantitative estimate of drug-likeness (QED) is 0.865. The lowest BCUT2D eigenvalue weighted by molar-refractivity contribution is -0.124. The van der Waals surface area contributed by atoms with Crippen LogP contribution in [-0.2, 0) is 10.2 Å². The number of amides is 1. The number of rotatable bonds is 5. The molecule has 1 aromatic carbocycles. The second-order valence-corrected chi connectivity index (χ2v) is 5.89. The molecule has 1 aromatic rings. The number of nitriles is 1. The highest BCUT2D eigenvalue weighted by atomic mass is 16.2. The van der Waals surface area contributed by atoms with E-state index < -0.39 is 10.8 Å². The second kappa shape index (κ2) is 6.06. The Morgan fingerprint density at radius 2 is 1.85 bits per heavy atom. The fourth-order valence-electron chi connectivity index (χ4n) is 1.71. The van der Waals surface area contributed by atoms with Gasteiger partial charge in [0.15, 0.2) is 0 Å². The number of benzene rings is 1. The molecular formula is C16H23N3O. The molecule has 0 bridgehead atoms. The lowest BCUT2D eigenvalue weighted by Crippen LogP contribution is -2.39. The summed E-state index contributed by atoms with van der Waals surface area (Å²) in [6.45, 7) is 7.85. The number of hydrogen-bond donors (Lipinski definition) is 2. The van der Waals surface area contributed by atoms with Crippen LogP contribution in [0.1, 0.15) is 39.7 Å². The Morgan fingerprint density at radius 3 is 2.25 bits per heavy atom. The molecule has 0 heterocycles. The number of nitrogens with zero attached hydrogens (tertiary/aromatic N) is 1. The van der Waals surface area contributed by atoms with E-state index in [1.807, 2.05) is 52.0 Å². The topological polar surface area (TPSA) is 78.9 Å². The summed E-state index contributed by atoms with van der Waals surface area (Å²) in [5, 5.41) is 12.0. The Morgan fingerprint density at radius 1 is 1.30 bits per heavy atom. The SMILES string of the molecule is CCC(C)(CN)C(=O)Nc1ccc(C(C)(C)C#N)cc1. The van der Waals surface area contributed by atoms with Gasteiger partial charge in [0.05, 0.1) is 16.9 Å². The van der Waals surface area contributed by atoms with Crippen molar-refractivity contribution in [2.75, 3.05) is 11.9 Å². The molecule has 0 radical (unpaired) electrons. The van der Waals surface area contributed by atoms with Crippen molar-refractivity contribution in [3.8, 4) is 6.07 Å². The predicted molar refractivity (Wildman–Crippen MR) is 81.2 cm³/mol. The van der Waals surface area contributed by atoms with Crippen LogP contribution in [0.4, 0.5) is 5.69 Å². The molecule has 0 saturated carbocycles. The first-order valence-corrected chi connectivity index (χ1v) is 6.82. The number of nitrogens with one attached hydrogen (secondary N) is 1. The molecule has 1 unspecified atom stereocenters. The summed E-state index contributed by atoms with van der Waals surface area (Å²) in [4.78, 5) is 12.2.